The van der Waals surface area contributed by atoms with Crippen molar-refractivity contribution >= 4 is 5.91 Å². The third kappa shape index (κ3) is 3.06. The van der Waals surface area contributed by atoms with E-state index in [0.717, 1.165) is 12.0 Å². The average molecular weight is 210 g/mol. The number of nitrogens with one attached hydrogen (secondary N) is 1. The maximum Gasteiger partial charge on any atom is 0.226 e. The molecular formula is C10H18N4O. The molecule has 0 aromatic carbocycles. The van der Waals surface area contributed by atoms with Gasteiger partial charge in [-0.15, -0.1) is 0 Å². The molecule has 5 nitrogen and oxygen atoms in total. The highest BCUT2D eigenvalue weighted by atomic mass is 16.2. The molecule has 0 aliphatic heterocycles. The molecule has 0 saturated heterocycles. The Morgan fingerprint density at radius 1 is 1.73 bits per heavy atom. The van der Waals surface area contributed by atoms with Crippen molar-refractivity contribution in [1.29, 1.82) is 0 Å². The summed E-state index contributed by atoms with van der Waals surface area (Å²) in [5.74, 6) is 0.0306. The van der Waals surface area contributed by atoms with Crippen molar-refractivity contribution < 1.29 is 4.79 Å². The predicted molar refractivity (Wildman–Crippen MR) is 57.9 cm³/mol. The van der Waals surface area contributed by atoms with E-state index in [4.69, 9.17) is 5.73 Å². The van der Waals surface area contributed by atoms with Crippen LogP contribution in [0.4, 0.5) is 0 Å². The van der Waals surface area contributed by atoms with Gasteiger partial charge >= 0.3 is 0 Å². The molecule has 0 aliphatic rings. The van der Waals surface area contributed by atoms with Crippen molar-refractivity contribution in [1.82, 2.24) is 15.1 Å². The van der Waals surface area contributed by atoms with Gasteiger partial charge in [0.1, 0.15) is 0 Å². The van der Waals surface area contributed by atoms with E-state index in [1.807, 2.05) is 6.92 Å². The zero-order chi connectivity index (χ0) is 11.3. The summed E-state index contributed by atoms with van der Waals surface area (Å²) in [6, 6.07) is 0. The highest BCUT2D eigenvalue weighted by Gasteiger charge is 2.18. The van der Waals surface area contributed by atoms with Crippen molar-refractivity contribution in [2.75, 3.05) is 13.6 Å². The summed E-state index contributed by atoms with van der Waals surface area (Å²) in [7, 11) is 1.79. The molecule has 84 valence electrons. The summed E-state index contributed by atoms with van der Waals surface area (Å²) < 4.78 is 0. The van der Waals surface area contributed by atoms with Gasteiger partial charge in [0.15, 0.2) is 0 Å². The Bertz CT molecular complexity index is 292. The van der Waals surface area contributed by atoms with Crippen LogP contribution < -0.4 is 5.73 Å². The lowest BCUT2D eigenvalue weighted by atomic mass is 10.1. The first kappa shape index (κ1) is 11.7. The number of carbonyl (C=O) groups is 1. The fourth-order valence-electron chi connectivity index (χ4n) is 1.47. The molecule has 1 amide bonds. The number of aromatic nitrogens is 2. The first-order chi connectivity index (χ1) is 7.19. The van der Waals surface area contributed by atoms with Crippen molar-refractivity contribution in [2.45, 2.75) is 19.9 Å². The smallest absolute Gasteiger partial charge is 0.226 e. The third-order valence-electron chi connectivity index (χ3n) is 2.48. The predicted octanol–water partition coefficient (Wildman–Crippen LogP) is 0.353. The zero-order valence-electron chi connectivity index (χ0n) is 9.23. The van der Waals surface area contributed by atoms with Gasteiger partial charge in [-0.1, -0.05) is 6.92 Å². The molecule has 5 heteroatoms. The first-order valence-electron chi connectivity index (χ1n) is 5.11. The van der Waals surface area contributed by atoms with Crippen molar-refractivity contribution in [3.8, 4) is 0 Å². The zero-order valence-corrected chi connectivity index (χ0v) is 9.23. The normalized spacial score (nSPS) is 12.5. The van der Waals surface area contributed by atoms with Crippen LogP contribution in [0, 0.1) is 5.92 Å². The Balaban J connectivity index is 2.53. The van der Waals surface area contributed by atoms with E-state index in [9.17, 15) is 4.79 Å². The number of nitrogens with two attached hydrogens (primary N) is 1. The van der Waals surface area contributed by atoms with Gasteiger partial charge in [0.2, 0.25) is 5.91 Å². The van der Waals surface area contributed by atoms with Gasteiger partial charge in [-0.2, -0.15) is 5.10 Å². The molecule has 3 N–H and O–H groups in total. The largest absolute Gasteiger partial charge is 0.341 e. The SMILES string of the molecule is CCC(CN)C(=O)N(C)Cc1cn[nH]c1. The quantitative estimate of drug-likeness (QED) is 0.736. The molecule has 15 heavy (non-hydrogen) atoms. The number of nitrogens with zero attached hydrogens (tertiary/aromatic N) is 2. The Morgan fingerprint density at radius 2 is 2.47 bits per heavy atom. The van der Waals surface area contributed by atoms with Crippen molar-refractivity contribution in [3.63, 3.8) is 0 Å². The highest BCUT2D eigenvalue weighted by molar-refractivity contribution is 5.78. The molecule has 0 fully saturated rings. The molecule has 0 spiro atoms. The number of rotatable bonds is 5. The average Bonchev–Trinajstić information content (AvgIpc) is 2.72. The molecular weight excluding hydrogens is 192 g/mol. The van der Waals surface area contributed by atoms with Crippen LogP contribution in [0.5, 0.6) is 0 Å². The van der Waals surface area contributed by atoms with Crippen LogP contribution in [0.15, 0.2) is 12.4 Å². The van der Waals surface area contributed by atoms with Crippen LogP contribution in [0.2, 0.25) is 0 Å². The maximum absolute atomic E-state index is 11.8. The van der Waals surface area contributed by atoms with Gasteiger partial charge < -0.3 is 10.6 Å². The lowest BCUT2D eigenvalue weighted by Crippen LogP contribution is -2.35. The lowest BCUT2D eigenvalue weighted by molar-refractivity contribution is -0.134. The van der Waals surface area contributed by atoms with Crippen LogP contribution in [-0.4, -0.2) is 34.6 Å². The van der Waals surface area contributed by atoms with E-state index < -0.39 is 0 Å². The number of aromatic amines is 1. The van der Waals surface area contributed by atoms with Gasteiger partial charge in [-0.05, 0) is 6.42 Å². The molecule has 1 heterocycles. The molecule has 1 aromatic heterocycles. The molecule has 0 saturated carbocycles. The van der Waals surface area contributed by atoms with Crippen LogP contribution in [0.3, 0.4) is 0 Å². The lowest BCUT2D eigenvalue weighted by Gasteiger charge is -2.21. The van der Waals surface area contributed by atoms with E-state index in [2.05, 4.69) is 10.2 Å². The van der Waals surface area contributed by atoms with Gasteiger partial charge in [-0.25, -0.2) is 0 Å². The number of hydrogen-bond donors (Lipinski definition) is 2. The summed E-state index contributed by atoms with van der Waals surface area (Å²) in [6.45, 7) is 2.96. The summed E-state index contributed by atoms with van der Waals surface area (Å²) >= 11 is 0. The number of amides is 1. The second-order valence-corrected chi connectivity index (χ2v) is 3.64. The Kier molecular flexibility index (Phi) is 4.30. The van der Waals surface area contributed by atoms with Crippen LogP contribution in [-0.2, 0) is 11.3 Å². The number of carbonyl (C=O) groups excluding carboxylic acids is 1. The minimum atomic E-state index is -0.0677. The molecule has 0 aliphatic carbocycles. The standard InChI is InChI=1S/C10H18N4O/c1-3-9(4-11)10(15)14(2)7-8-5-12-13-6-8/h5-6,9H,3-4,7,11H2,1-2H3,(H,12,13). The van der Waals surface area contributed by atoms with E-state index in [-0.39, 0.29) is 11.8 Å². The van der Waals surface area contributed by atoms with Gasteiger partial charge in [0, 0.05) is 31.9 Å². The number of hydrogen-bond acceptors (Lipinski definition) is 3. The van der Waals surface area contributed by atoms with Gasteiger partial charge in [0.25, 0.3) is 0 Å². The molecule has 1 atom stereocenters. The van der Waals surface area contributed by atoms with E-state index in [1.54, 1.807) is 24.3 Å². The van der Waals surface area contributed by atoms with Crippen LogP contribution >= 0.6 is 0 Å². The summed E-state index contributed by atoms with van der Waals surface area (Å²) in [5.41, 5.74) is 6.53. The molecule has 0 bridgehead atoms. The van der Waals surface area contributed by atoms with E-state index >= 15 is 0 Å². The minimum absolute atomic E-state index is 0.0677. The fourth-order valence-corrected chi connectivity index (χ4v) is 1.47. The maximum atomic E-state index is 11.8. The van der Waals surface area contributed by atoms with E-state index in [1.165, 1.54) is 0 Å². The van der Waals surface area contributed by atoms with Crippen LogP contribution in [0.1, 0.15) is 18.9 Å². The second kappa shape index (κ2) is 5.50. The van der Waals surface area contributed by atoms with Gasteiger partial charge in [-0.3, -0.25) is 9.89 Å². The summed E-state index contributed by atoms with van der Waals surface area (Å²) in [4.78, 5) is 13.5. The summed E-state index contributed by atoms with van der Waals surface area (Å²) in [5, 5.41) is 6.55. The monoisotopic (exact) mass is 210 g/mol. The molecule has 1 unspecified atom stereocenters. The highest BCUT2D eigenvalue weighted by Crippen LogP contribution is 2.08. The van der Waals surface area contributed by atoms with Crippen molar-refractivity contribution in [2.24, 2.45) is 11.7 Å². The second-order valence-electron chi connectivity index (χ2n) is 3.64. The molecule has 1 aromatic rings. The van der Waals surface area contributed by atoms with Gasteiger partial charge in [0.05, 0.1) is 12.1 Å². The van der Waals surface area contributed by atoms with Crippen molar-refractivity contribution in [3.05, 3.63) is 18.0 Å². The third-order valence-corrected chi connectivity index (χ3v) is 2.48. The van der Waals surface area contributed by atoms with Crippen LogP contribution in [0.25, 0.3) is 0 Å². The Hall–Kier alpha value is -1.36. The topological polar surface area (TPSA) is 75.0 Å². The Morgan fingerprint density at radius 3 is 2.93 bits per heavy atom. The fraction of sp³-hybridized carbons (Fsp3) is 0.600. The Labute approximate surface area is 89.6 Å². The molecule has 0 radical (unpaired) electrons. The van der Waals surface area contributed by atoms with E-state index in [0.29, 0.717) is 13.1 Å². The number of H-pyrrole nitrogens is 1. The summed E-state index contributed by atoms with van der Waals surface area (Å²) in [6.07, 6.45) is 4.28. The molecule has 1 rings (SSSR count). The first-order valence-corrected chi connectivity index (χ1v) is 5.11. The minimum Gasteiger partial charge on any atom is -0.341 e.